The number of benzene rings is 1. The molecule has 7 nitrogen and oxygen atoms in total. The van der Waals surface area contributed by atoms with Crippen LogP contribution in [0.15, 0.2) is 22.6 Å². The molecule has 2 aromatic rings. The van der Waals surface area contributed by atoms with Gasteiger partial charge in [0.1, 0.15) is 5.76 Å². The molecule has 0 saturated heterocycles. The smallest absolute Gasteiger partial charge is 0.261 e. The number of unbranched alkanes of at least 4 members (excludes halogenated alkanes) is 1. The van der Waals surface area contributed by atoms with Crippen molar-refractivity contribution in [3.63, 3.8) is 0 Å². The van der Waals surface area contributed by atoms with Crippen LogP contribution in [0.2, 0.25) is 0 Å². The van der Waals surface area contributed by atoms with Crippen LogP contribution in [0.5, 0.6) is 0 Å². The SMILES string of the molecule is CCCCN1C(=O)c2ccc(C(=O)NCc3nc(C)c(C)o3)cc2C1=O. The summed E-state index contributed by atoms with van der Waals surface area (Å²) in [7, 11) is 0. The predicted octanol–water partition coefficient (Wildman–Crippen LogP) is 2.62. The summed E-state index contributed by atoms with van der Waals surface area (Å²) in [6.07, 6.45) is 1.65. The molecule has 3 rings (SSSR count). The molecule has 0 unspecified atom stereocenters. The Kier molecular flexibility index (Phi) is 4.88. The van der Waals surface area contributed by atoms with Crippen molar-refractivity contribution in [3.8, 4) is 0 Å². The van der Waals surface area contributed by atoms with Gasteiger partial charge in [0.25, 0.3) is 17.7 Å². The third-order valence-corrected chi connectivity index (χ3v) is 4.44. The average molecular weight is 355 g/mol. The Bertz CT molecular complexity index is 865. The van der Waals surface area contributed by atoms with E-state index in [9.17, 15) is 14.4 Å². The van der Waals surface area contributed by atoms with Gasteiger partial charge in [-0.25, -0.2) is 4.98 Å². The zero-order chi connectivity index (χ0) is 18.8. The molecule has 1 aromatic carbocycles. The summed E-state index contributed by atoms with van der Waals surface area (Å²) < 4.78 is 5.43. The lowest BCUT2D eigenvalue weighted by molar-refractivity contribution is 0.0652. The van der Waals surface area contributed by atoms with Crippen LogP contribution >= 0.6 is 0 Å². The lowest BCUT2D eigenvalue weighted by atomic mass is 10.1. The summed E-state index contributed by atoms with van der Waals surface area (Å²) >= 11 is 0. The van der Waals surface area contributed by atoms with Crippen molar-refractivity contribution < 1.29 is 18.8 Å². The molecular weight excluding hydrogens is 334 g/mol. The van der Waals surface area contributed by atoms with Crippen molar-refractivity contribution in [1.29, 1.82) is 0 Å². The standard InChI is InChI=1S/C19H21N3O4/c1-4-5-8-22-18(24)14-7-6-13(9-15(14)19(22)25)17(23)20-10-16-21-11(2)12(3)26-16/h6-7,9H,4-5,8,10H2,1-3H3,(H,20,23). The molecule has 0 spiro atoms. The highest BCUT2D eigenvalue weighted by Crippen LogP contribution is 2.24. The van der Waals surface area contributed by atoms with Gasteiger partial charge in [-0.05, 0) is 38.5 Å². The van der Waals surface area contributed by atoms with Crippen LogP contribution in [0.4, 0.5) is 0 Å². The first-order valence-electron chi connectivity index (χ1n) is 8.63. The van der Waals surface area contributed by atoms with E-state index >= 15 is 0 Å². The van der Waals surface area contributed by atoms with Crippen molar-refractivity contribution in [2.75, 3.05) is 6.54 Å². The minimum Gasteiger partial charge on any atom is -0.444 e. The second-order valence-corrected chi connectivity index (χ2v) is 6.31. The van der Waals surface area contributed by atoms with E-state index in [-0.39, 0.29) is 29.8 Å². The summed E-state index contributed by atoms with van der Waals surface area (Å²) in [5.74, 6) is 0.145. The minimum absolute atomic E-state index is 0.153. The van der Waals surface area contributed by atoms with Crippen molar-refractivity contribution >= 4 is 17.7 Å². The number of rotatable bonds is 6. The fourth-order valence-electron chi connectivity index (χ4n) is 2.82. The lowest BCUT2D eigenvalue weighted by Crippen LogP contribution is -2.30. The highest BCUT2D eigenvalue weighted by molar-refractivity contribution is 6.22. The first-order valence-corrected chi connectivity index (χ1v) is 8.63. The summed E-state index contributed by atoms with van der Waals surface area (Å²) in [6.45, 7) is 6.18. The number of hydrogen-bond donors (Lipinski definition) is 1. The van der Waals surface area contributed by atoms with E-state index in [0.717, 1.165) is 18.5 Å². The number of imide groups is 1. The number of aryl methyl sites for hydroxylation is 2. The van der Waals surface area contributed by atoms with Crippen molar-refractivity contribution in [1.82, 2.24) is 15.2 Å². The van der Waals surface area contributed by atoms with E-state index in [1.165, 1.54) is 17.0 Å². The lowest BCUT2D eigenvalue weighted by Gasteiger charge is -2.12. The Balaban J connectivity index is 1.73. The van der Waals surface area contributed by atoms with Gasteiger partial charge in [0.15, 0.2) is 0 Å². The van der Waals surface area contributed by atoms with E-state index < -0.39 is 0 Å². The van der Waals surface area contributed by atoms with Crippen LogP contribution in [0.3, 0.4) is 0 Å². The fourth-order valence-corrected chi connectivity index (χ4v) is 2.82. The number of nitrogens with zero attached hydrogens (tertiary/aromatic N) is 2. The Hall–Kier alpha value is -2.96. The topological polar surface area (TPSA) is 92.5 Å². The number of oxazole rings is 1. The number of fused-ring (bicyclic) bond motifs is 1. The van der Waals surface area contributed by atoms with E-state index in [0.29, 0.717) is 29.3 Å². The molecule has 7 heteroatoms. The molecule has 2 heterocycles. The summed E-state index contributed by atoms with van der Waals surface area (Å²) in [6, 6.07) is 4.56. The Morgan fingerprint density at radius 3 is 2.58 bits per heavy atom. The van der Waals surface area contributed by atoms with Crippen LogP contribution in [-0.4, -0.2) is 34.2 Å². The molecule has 0 radical (unpaired) electrons. The van der Waals surface area contributed by atoms with Crippen LogP contribution in [0.1, 0.15) is 68.2 Å². The van der Waals surface area contributed by atoms with Gasteiger partial charge in [-0.3, -0.25) is 19.3 Å². The number of carbonyl (C=O) groups excluding carboxylic acids is 3. The van der Waals surface area contributed by atoms with E-state index in [1.807, 2.05) is 13.8 Å². The molecule has 0 fully saturated rings. The van der Waals surface area contributed by atoms with Gasteiger partial charge in [-0.1, -0.05) is 13.3 Å². The van der Waals surface area contributed by atoms with Gasteiger partial charge in [-0.15, -0.1) is 0 Å². The molecule has 1 aromatic heterocycles. The highest BCUT2D eigenvalue weighted by atomic mass is 16.4. The van der Waals surface area contributed by atoms with Crippen LogP contribution < -0.4 is 5.32 Å². The zero-order valence-electron chi connectivity index (χ0n) is 15.1. The summed E-state index contributed by atoms with van der Waals surface area (Å²) in [5, 5.41) is 2.71. The van der Waals surface area contributed by atoms with Crippen molar-refractivity contribution in [2.24, 2.45) is 0 Å². The van der Waals surface area contributed by atoms with Crippen LogP contribution in [-0.2, 0) is 6.54 Å². The first kappa shape index (κ1) is 17.8. The number of aromatic nitrogens is 1. The molecular formula is C19H21N3O4. The largest absolute Gasteiger partial charge is 0.444 e. The predicted molar refractivity (Wildman–Crippen MR) is 93.9 cm³/mol. The summed E-state index contributed by atoms with van der Waals surface area (Å²) in [4.78, 5) is 42.6. The maximum Gasteiger partial charge on any atom is 0.261 e. The molecule has 26 heavy (non-hydrogen) atoms. The third-order valence-electron chi connectivity index (χ3n) is 4.44. The van der Waals surface area contributed by atoms with Crippen LogP contribution in [0, 0.1) is 13.8 Å². The van der Waals surface area contributed by atoms with E-state index in [4.69, 9.17) is 4.42 Å². The molecule has 136 valence electrons. The second kappa shape index (κ2) is 7.11. The molecule has 1 N–H and O–H groups in total. The number of nitrogens with one attached hydrogen (secondary N) is 1. The molecule has 1 aliphatic heterocycles. The van der Waals surface area contributed by atoms with Crippen molar-refractivity contribution in [2.45, 2.75) is 40.2 Å². The normalized spacial score (nSPS) is 13.3. The number of hydrogen-bond acceptors (Lipinski definition) is 5. The van der Waals surface area contributed by atoms with Gasteiger partial charge < -0.3 is 9.73 Å². The molecule has 0 atom stereocenters. The third kappa shape index (κ3) is 3.24. The maximum atomic E-state index is 12.5. The van der Waals surface area contributed by atoms with Gasteiger partial charge in [-0.2, -0.15) is 0 Å². The molecule has 0 aliphatic carbocycles. The summed E-state index contributed by atoms with van der Waals surface area (Å²) in [5.41, 5.74) is 1.73. The maximum absolute atomic E-state index is 12.5. The Labute approximate surface area is 151 Å². The van der Waals surface area contributed by atoms with Crippen LogP contribution in [0.25, 0.3) is 0 Å². The molecule has 0 bridgehead atoms. The highest BCUT2D eigenvalue weighted by Gasteiger charge is 2.35. The van der Waals surface area contributed by atoms with E-state index in [1.54, 1.807) is 13.0 Å². The quantitative estimate of drug-likeness (QED) is 0.804. The Morgan fingerprint density at radius 2 is 1.92 bits per heavy atom. The molecule has 1 aliphatic rings. The number of carbonyl (C=O) groups is 3. The fraction of sp³-hybridized carbons (Fsp3) is 0.368. The van der Waals surface area contributed by atoms with Crippen molar-refractivity contribution in [3.05, 3.63) is 52.2 Å². The Morgan fingerprint density at radius 1 is 1.19 bits per heavy atom. The monoisotopic (exact) mass is 355 g/mol. The molecule has 3 amide bonds. The van der Waals surface area contributed by atoms with Gasteiger partial charge in [0.05, 0.1) is 23.4 Å². The zero-order valence-corrected chi connectivity index (χ0v) is 15.1. The molecule has 0 saturated carbocycles. The first-order chi connectivity index (χ1) is 12.4. The van der Waals surface area contributed by atoms with E-state index in [2.05, 4.69) is 10.3 Å². The van der Waals surface area contributed by atoms with Gasteiger partial charge in [0.2, 0.25) is 5.89 Å². The van der Waals surface area contributed by atoms with Gasteiger partial charge >= 0.3 is 0 Å². The number of amides is 3. The minimum atomic E-state index is -0.353. The average Bonchev–Trinajstić information content (AvgIpc) is 3.08. The second-order valence-electron chi connectivity index (χ2n) is 6.31. The van der Waals surface area contributed by atoms with Gasteiger partial charge in [0, 0.05) is 12.1 Å².